The summed E-state index contributed by atoms with van der Waals surface area (Å²) in [5, 5.41) is 3.53. The standard InChI is InChI=1S/C15H23N/c1-11-8-9-12(2)14(10-11)15(16-3)13-6-4-5-7-13/h8-10,13,15-16H,4-7H2,1-3H3. The molecule has 1 heteroatoms. The molecule has 1 fully saturated rings. The van der Waals surface area contributed by atoms with Crippen molar-refractivity contribution in [1.29, 1.82) is 0 Å². The summed E-state index contributed by atoms with van der Waals surface area (Å²) in [6, 6.07) is 7.38. The highest BCUT2D eigenvalue weighted by molar-refractivity contribution is 5.33. The molecule has 16 heavy (non-hydrogen) atoms. The van der Waals surface area contributed by atoms with E-state index in [1.54, 1.807) is 0 Å². The zero-order chi connectivity index (χ0) is 11.5. The number of rotatable bonds is 3. The van der Waals surface area contributed by atoms with Crippen LogP contribution >= 0.6 is 0 Å². The minimum absolute atomic E-state index is 0.558. The molecule has 0 aliphatic heterocycles. The molecule has 0 aromatic heterocycles. The van der Waals surface area contributed by atoms with Crippen LogP contribution in [0.1, 0.15) is 48.4 Å². The number of aryl methyl sites for hydroxylation is 2. The molecule has 0 radical (unpaired) electrons. The van der Waals surface area contributed by atoms with Gasteiger partial charge in [0.25, 0.3) is 0 Å². The number of nitrogens with one attached hydrogen (secondary N) is 1. The first-order chi connectivity index (χ1) is 7.72. The van der Waals surface area contributed by atoms with Gasteiger partial charge < -0.3 is 5.32 Å². The average molecular weight is 217 g/mol. The lowest BCUT2D eigenvalue weighted by atomic mass is 9.88. The van der Waals surface area contributed by atoms with Crippen molar-refractivity contribution in [3.05, 3.63) is 34.9 Å². The van der Waals surface area contributed by atoms with Crippen LogP contribution in [0.3, 0.4) is 0 Å². The lowest BCUT2D eigenvalue weighted by Crippen LogP contribution is -2.24. The van der Waals surface area contributed by atoms with Crippen LogP contribution in [-0.4, -0.2) is 7.05 Å². The molecule has 88 valence electrons. The number of hydrogen-bond donors (Lipinski definition) is 1. The molecule has 1 aromatic rings. The molecule has 1 aromatic carbocycles. The summed E-state index contributed by atoms with van der Waals surface area (Å²) in [7, 11) is 2.10. The largest absolute Gasteiger partial charge is 0.313 e. The molecule has 1 aliphatic rings. The zero-order valence-electron chi connectivity index (χ0n) is 10.7. The monoisotopic (exact) mass is 217 g/mol. The lowest BCUT2D eigenvalue weighted by molar-refractivity contribution is 0.389. The van der Waals surface area contributed by atoms with Gasteiger partial charge in [0.05, 0.1) is 0 Å². The Hall–Kier alpha value is -0.820. The van der Waals surface area contributed by atoms with Crippen LogP contribution < -0.4 is 5.32 Å². The van der Waals surface area contributed by atoms with Crippen molar-refractivity contribution in [1.82, 2.24) is 5.32 Å². The van der Waals surface area contributed by atoms with Gasteiger partial charge in [0.2, 0.25) is 0 Å². The fraction of sp³-hybridized carbons (Fsp3) is 0.600. The van der Waals surface area contributed by atoms with E-state index in [2.05, 4.69) is 44.4 Å². The van der Waals surface area contributed by atoms with E-state index in [0.717, 1.165) is 5.92 Å². The normalized spacial score (nSPS) is 18.9. The Labute approximate surface area is 99.3 Å². The third-order valence-corrected chi connectivity index (χ3v) is 3.95. The van der Waals surface area contributed by atoms with Crippen molar-refractivity contribution in [2.75, 3.05) is 7.05 Å². The van der Waals surface area contributed by atoms with Gasteiger partial charge in [-0.15, -0.1) is 0 Å². The number of hydrogen-bond acceptors (Lipinski definition) is 1. The van der Waals surface area contributed by atoms with E-state index >= 15 is 0 Å². The maximum Gasteiger partial charge on any atom is 0.0348 e. The van der Waals surface area contributed by atoms with Gasteiger partial charge in [-0.2, -0.15) is 0 Å². The molecule has 1 unspecified atom stereocenters. The third kappa shape index (κ3) is 2.30. The second kappa shape index (κ2) is 5.01. The highest BCUT2D eigenvalue weighted by atomic mass is 14.9. The molecular formula is C15H23N. The predicted molar refractivity (Wildman–Crippen MR) is 69.7 cm³/mol. The Balaban J connectivity index is 2.28. The predicted octanol–water partition coefficient (Wildman–Crippen LogP) is 3.75. The average Bonchev–Trinajstić information content (AvgIpc) is 2.78. The minimum atomic E-state index is 0.558. The van der Waals surface area contributed by atoms with E-state index < -0.39 is 0 Å². The maximum atomic E-state index is 3.53. The van der Waals surface area contributed by atoms with Crippen LogP contribution in [0.5, 0.6) is 0 Å². The second-order valence-electron chi connectivity index (χ2n) is 5.17. The van der Waals surface area contributed by atoms with Crippen LogP contribution in [0.2, 0.25) is 0 Å². The van der Waals surface area contributed by atoms with Crippen molar-refractivity contribution in [3.8, 4) is 0 Å². The van der Waals surface area contributed by atoms with Gasteiger partial charge >= 0.3 is 0 Å². The highest BCUT2D eigenvalue weighted by Crippen LogP contribution is 2.36. The first-order valence-electron chi connectivity index (χ1n) is 6.47. The third-order valence-electron chi connectivity index (χ3n) is 3.95. The molecule has 1 aliphatic carbocycles. The van der Waals surface area contributed by atoms with Crippen molar-refractivity contribution >= 4 is 0 Å². The van der Waals surface area contributed by atoms with Crippen molar-refractivity contribution in [2.45, 2.75) is 45.6 Å². The molecule has 2 rings (SSSR count). The molecule has 1 saturated carbocycles. The van der Waals surface area contributed by atoms with Crippen LogP contribution in [-0.2, 0) is 0 Å². The highest BCUT2D eigenvalue weighted by Gasteiger charge is 2.25. The summed E-state index contributed by atoms with van der Waals surface area (Å²) in [5.74, 6) is 0.838. The molecular weight excluding hydrogens is 194 g/mol. The van der Waals surface area contributed by atoms with Crippen molar-refractivity contribution in [3.63, 3.8) is 0 Å². The Kier molecular flexibility index (Phi) is 3.65. The topological polar surface area (TPSA) is 12.0 Å². The van der Waals surface area contributed by atoms with Crippen LogP contribution in [0.15, 0.2) is 18.2 Å². The van der Waals surface area contributed by atoms with E-state index in [4.69, 9.17) is 0 Å². The fourth-order valence-corrected chi connectivity index (χ4v) is 3.03. The summed E-state index contributed by atoms with van der Waals surface area (Å²) in [4.78, 5) is 0. The van der Waals surface area contributed by atoms with Gasteiger partial charge in [-0.1, -0.05) is 36.6 Å². The summed E-state index contributed by atoms with van der Waals surface area (Å²) in [6.07, 6.45) is 5.60. The first-order valence-corrected chi connectivity index (χ1v) is 6.47. The maximum absolute atomic E-state index is 3.53. The summed E-state index contributed by atoms with van der Waals surface area (Å²) in [5.41, 5.74) is 4.31. The van der Waals surface area contributed by atoms with Crippen molar-refractivity contribution in [2.24, 2.45) is 5.92 Å². The molecule has 1 atom stereocenters. The molecule has 0 saturated heterocycles. The molecule has 0 heterocycles. The Morgan fingerprint density at radius 1 is 1.19 bits per heavy atom. The Morgan fingerprint density at radius 2 is 1.88 bits per heavy atom. The Morgan fingerprint density at radius 3 is 2.50 bits per heavy atom. The number of benzene rings is 1. The van der Waals surface area contributed by atoms with E-state index in [9.17, 15) is 0 Å². The zero-order valence-corrected chi connectivity index (χ0v) is 10.7. The van der Waals surface area contributed by atoms with Gasteiger partial charge in [-0.05, 0) is 50.8 Å². The van der Waals surface area contributed by atoms with E-state index in [1.165, 1.54) is 42.4 Å². The smallest absolute Gasteiger partial charge is 0.0348 e. The summed E-state index contributed by atoms with van der Waals surface area (Å²) in [6.45, 7) is 4.42. The SMILES string of the molecule is CNC(c1cc(C)ccc1C)C1CCCC1. The van der Waals surface area contributed by atoms with Crippen LogP contribution in [0.4, 0.5) is 0 Å². The van der Waals surface area contributed by atoms with Crippen molar-refractivity contribution < 1.29 is 0 Å². The molecule has 1 nitrogen and oxygen atoms in total. The minimum Gasteiger partial charge on any atom is -0.313 e. The summed E-state index contributed by atoms with van der Waals surface area (Å²) >= 11 is 0. The van der Waals surface area contributed by atoms with Gasteiger partial charge in [-0.3, -0.25) is 0 Å². The first kappa shape index (κ1) is 11.7. The van der Waals surface area contributed by atoms with E-state index in [1.807, 2.05) is 0 Å². The van der Waals surface area contributed by atoms with E-state index in [-0.39, 0.29) is 0 Å². The Bertz CT molecular complexity index is 350. The second-order valence-corrected chi connectivity index (χ2v) is 5.17. The molecule has 0 bridgehead atoms. The van der Waals surface area contributed by atoms with E-state index in [0.29, 0.717) is 6.04 Å². The van der Waals surface area contributed by atoms with Crippen LogP contribution in [0.25, 0.3) is 0 Å². The molecule has 1 N–H and O–H groups in total. The van der Waals surface area contributed by atoms with Gasteiger partial charge in [0, 0.05) is 6.04 Å². The van der Waals surface area contributed by atoms with Crippen LogP contribution in [0, 0.1) is 19.8 Å². The van der Waals surface area contributed by atoms with Gasteiger partial charge in [0.15, 0.2) is 0 Å². The van der Waals surface area contributed by atoms with Gasteiger partial charge in [-0.25, -0.2) is 0 Å². The lowest BCUT2D eigenvalue weighted by Gasteiger charge is -2.25. The fourth-order valence-electron chi connectivity index (χ4n) is 3.03. The molecule has 0 spiro atoms. The molecule has 0 amide bonds. The van der Waals surface area contributed by atoms with Gasteiger partial charge in [0.1, 0.15) is 0 Å². The summed E-state index contributed by atoms with van der Waals surface area (Å²) < 4.78 is 0. The quantitative estimate of drug-likeness (QED) is 0.813.